The summed E-state index contributed by atoms with van der Waals surface area (Å²) in [5.41, 5.74) is 7.44. The van der Waals surface area contributed by atoms with Crippen molar-refractivity contribution in [1.29, 1.82) is 0 Å². The minimum absolute atomic E-state index is 0.242. The number of halogens is 1. The van der Waals surface area contributed by atoms with Crippen LogP contribution in [0.15, 0.2) is 27.6 Å². The first-order valence-corrected chi connectivity index (χ1v) is 6.45. The van der Waals surface area contributed by atoms with E-state index in [9.17, 15) is 4.79 Å². The molecule has 0 atom stereocenters. The highest BCUT2D eigenvalue weighted by Gasteiger charge is 2.02. The maximum absolute atomic E-state index is 10.8. The molecule has 16 heavy (non-hydrogen) atoms. The molecule has 0 aliphatic rings. The zero-order chi connectivity index (χ0) is 12.1. The van der Waals surface area contributed by atoms with Gasteiger partial charge in [0.05, 0.1) is 4.91 Å². The molecule has 2 N–H and O–H groups in total. The topological polar surface area (TPSA) is 43.1 Å². The number of thiocarbonyl (C=S) groups is 1. The summed E-state index contributed by atoms with van der Waals surface area (Å²) < 4.78 is 1.21. The molecule has 1 rings (SSSR count). The summed E-state index contributed by atoms with van der Waals surface area (Å²) in [5, 5.41) is 0. The van der Waals surface area contributed by atoms with Crippen molar-refractivity contribution in [2.45, 2.75) is 6.92 Å². The van der Waals surface area contributed by atoms with Crippen LogP contribution in [0, 0.1) is 6.92 Å². The molecule has 0 heterocycles. The molecule has 0 unspecified atom stereocenters. The van der Waals surface area contributed by atoms with Crippen molar-refractivity contribution < 1.29 is 4.79 Å². The molecular weight excluding hydrogens is 306 g/mol. The Kier molecular flexibility index (Phi) is 5.18. The third-order valence-electron chi connectivity index (χ3n) is 1.87. The number of hydrogen-bond donors (Lipinski definition) is 1. The third-order valence-corrected chi connectivity index (χ3v) is 3.27. The SMILES string of the molecule is Cc1ccc(Br)cc1/C=C(/C=O)SC(N)=S. The molecule has 0 amide bonds. The predicted octanol–water partition coefficient (Wildman–Crippen LogP) is 3.27. The second kappa shape index (κ2) is 6.18. The fraction of sp³-hybridized carbons (Fsp3) is 0.0909. The molecule has 0 saturated heterocycles. The van der Waals surface area contributed by atoms with Crippen LogP contribution in [0.25, 0.3) is 6.08 Å². The van der Waals surface area contributed by atoms with Gasteiger partial charge >= 0.3 is 0 Å². The van der Waals surface area contributed by atoms with Crippen LogP contribution < -0.4 is 5.73 Å². The Morgan fingerprint density at radius 1 is 1.56 bits per heavy atom. The molecule has 0 radical (unpaired) electrons. The van der Waals surface area contributed by atoms with E-state index in [4.69, 9.17) is 18.0 Å². The summed E-state index contributed by atoms with van der Waals surface area (Å²) in [6.45, 7) is 1.98. The van der Waals surface area contributed by atoms with Crippen LogP contribution in [0.1, 0.15) is 11.1 Å². The van der Waals surface area contributed by atoms with Gasteiger partial charge in [-0.25, -0.2) is 0 Å². The summed E-state index contributed by atoms with van der Waals surface area (Å²) in [6, 6.07) is 5.87. The van der Waals surface area contributed by atoms with Crippen LogP contribution >= 0.6 is 39.9 Å². The Labute approximate surface area is 112 Å². The van der Waals surface area contributed by atoms with E-state index >= 15 is 0 Å². The summed E-state index contributed by atoms with van der Waals surface area (Å²) in [7, 11) is 0. The van der Waals surface area contributed by atoms with Gasteiger partial charge in [-0.1, -0.05) is 46.0 Å². The van der Waals surface area contributed by atoms with Crippen molar-refractivity contribution in [3.8, 4) is 0 Å². The first-order chi connectivity index (χ1) is 7.52. The Balaban J connectivity index is 3.07. The molecule has 0 aliphatic carbocycles. The molecule has 2 nitrogen and oxygen atoms in total. The average Bonchev–Trinajstić information content (AvgIpc) is 2.21. The lowest BCUT2D eigenvalue weighted by Crippen LogP contribution is -2.02. The maximum Gasteiger partial charge on any atom is 0.156 e. The zero-order valence-electron chi connectivity index (χ0n) is 8.57. The zero-order valence-corrected chi connectivity index (χ0v) is 11.8. The first-order valence-electron chi connectivity index (χ1n) is 4.43. The van der Waals surface area contributed by atoms with Gasteiger partial charge in [-0.3, -0.25) is 4.79 Å². The highest BCUT2D eigenvalue weighted by atomic mass is 79.9. The van der Waals surface area contributed by atoms with Gasteiger partial charge in [0.25, 0.3) is 0 Å². The molecule has 5 heteroatoms. The summed E-state index contributed by atoms with van der Waals surface area (Å²) in [6.07, 6.45) is 2.53. The Hall–Kier alpha value is -0.650. The van der Waals surface area contributed by atoms with Gasteiger partial charge < -0.3 is 5.73 Å². The first kappa shape index (κ1) is 13.4. The van der Waals surface area contributed by atoms with Crippen LogP contribution in [0.3, 0.4) is 0 Å². The van der Waals surface area contributed by atoms with Gasteiger partial charge in [-0.05, 0) is 36.3 Å². The average molecular weight is 316 g/mol. The Bertz CT molecular complexity index is 457. The van der Waals surface area contributed by atoms with Gasteiger partial charge in [0.15, 0.2) is 6.29 Å². The van der Waals surface area contributed by atoms with E-state index in [0.29, 0.717) is 4.91 Å². The summed E-state index contributed by atoms with van der Waals surface area (Å²) in [5.74, 6) is 0. The van der Waals surface area contributed by atoms with Crippen LogP contribution in [0.5, 0.6) is 0 Å². The van der Waals surface area contributed by atoms with E-state index in [1.807, 2.05) is 25.1 Å². The highest BCUT2D eigenvalue weighted by Crippen LogP contribution is 2.22. The monoisotopic (exact) mass is 315 g/mol. The quantitative estimate of drug-likeness (QED) is 0.528. The predicted molar refractivity (Wildman–Crippen MR) is 77.3 cm³/mol. The Morgan fingerprint density at radius 3 is 2.81 bits per heavy atom. The molecule has 0 bridgehead atoms. The van der Waals surface area contributed by atoms with Crippen molar-refractivity contribution in [3.63, 3.8) is 0 Å². The number of carbonyl (C=O) groups excluding carboxylic acids is 1. The van der Waals surface area contributed by atoms with Gasteiger partial charge in [0.1, 0.15) is 4.32 Å². The molecule has 0 fully saturated rings. The molecule has 1 aromatic rings. The standard InChI is InChI=1S/C11H10BrNOS2/c1-7-2-3-9(12)4-8(7)5-10(6-14)16-11(13)15/h2-6H,1H3,(H2,13,15)/b10-5-. The molecule has 84 valence electrons. The van der Waals surface area contributed by atoms with Gasteiger partial charge in [0, 0.05) is 4.47 Å². The molecule has 0 aromatic heterocycles. The van der Waals surface area contributed by atoms with Crippen molar-refractivity contribution in [1.82, 2.24) is 0 Å². The fourth-order valence-electron chi connectivity index (χ4n) is 1.12. The van der Waals surface area contributed by atoms with E-state index < -0.39 is 0 Å². The number of carbonyl (C=O) groups is 1. The second-order valence-electron chi connectivity index (χ2n) is 3.09. The third kappa shape index (κ3) is 4.08. The van der Waals surface area contributed by atoms with Crippen molar-refractivity contribution in [3.05, 3.63) is 38.7 Å². The smallest absolute Gasteiger partial charge is 0.156 e. The van der Waals surface area contributed by atoms with E-state index in [1.165, 1.54) is 0 Å². The summed E-state index contributed by atoms with van der Waals surface area (Å²) in [4.78, 5) is 11.3. The van der Waals surface area contributed by atoms with Crippen LogP contribution in [-0.4, -0.2) is 10.6 Å². The van der Waals surface area contributed by atoms with Crippen molar-refractivity contribution in [2.75, 3.05) is 0 Å². The second-order valence-corrected chi connectivity index (χ2v) is 5.82. The minimum atomic E-state index is 0.242. The van der Waals surface area contributed by atoms with E-state index in [1.54, 1.807) is 6.08 Å². The van der Waals surface area contributed by atoms with Gasteiger partial charge in [-0.2, -0.15) is 0 Å². The highest BCUT2D eigenvalue weighted by molar-refractivity contribution is 9.10. The molecule has 1 aromatic carbocycles. The number of benzene rings is 1. The fourth-order valence-corrected chi connectivity index (χ4v) is 2.26. The minimum Gasteiger partial charge on any atom is -0.384 e. The number of aryl methyl sites for hydroxylation is 1. The maximum atomic E-state index is 10.8. The number of allylic oxidation sites excluding steroid dienone is 1. The lowest BCUT2D eigenvalue weighted by molar-refractivity contribution is -0.104. The molecule has 0 aliphatic heterocycles. The largest absolute Gasteiger partial charge is 0.384 e. The van der Waals surface area contributed by atoms with Gasteiger partial charge in [-0.15, -0.1) is 0 Å². The van der Waals surface area contributed by atoms with Crippen molar-refractivity contribution in [2.24, 2.45) is 5.73 Å². The van der Waals surface area contributed by atoms with E-state index in [0.717, 1.165) is 33.6 Å². The van der Waals surface area contributed by atoms with Crippen LogP contribution in [0.4, 0.5) is 0 Å². The van der Waals surface area contributed by atoms with Crippen LogP contribution in [0.2, 0.25) is 0 Å². The lowest BCUT2D eigenvalue weighted by atomic mass is 10.1. The number of nitrogens with two attached hydrogens (primary N) is 1. The van der Waals surface area contributed by atoms with Crippen molar-refractivity contribution >= 4 is 56.6 Å². The molecule has 0 spiro atoms. The number of hydrogen-bond acceptors (Lipinski definition) is 3. The number of aldehydes is 1. The normalized spacial score (nSPS) is 11.2. The summed E-state index contributed by atoms with van der Waals surface area (Å²) >= 11 is 9.22. The Morgan fingerprint density at radius 2 is 2.25 bits per heavy atom. The van der Waals surface area contributed by atoms with Gasteiger partial charge in [0.2, 0.25) is 0 Å². The van der Waals surface area contributed by atoms with Crippen LogP contribution in [-0.2, 0) is 4.79 Å². The molecule has 0 saturated carbocycles. The van der Waals surface area contributed by atoms with E-state index in [-0.39, 0.29) is 4.32 Å². The molecular formula is C11H10BrNOS2. The number of rotatable bonds is 3. The lowest BCUT2D eigenvalue weighted by Gasteiger charge is -2.03. The van der Waals surface area contributed by atoms with E-state index in [2.05, 4.69) is 15.9 Å². The number of thioether (sulfide) groups is 1.